The van der Waals surface area contributed by atoms with Crippen LogP contribution in [-0.2, 0) is 22.0 Å². The molecule has 0 spiro atoms. The van der Waals surface area contributed by atoms with E-state index in [0.29, 0.717) is 17.7 Å². The zero-order chi connectivity index (χ0) is 20.2. The molecule has 0 aliphatic carbocycles. The summed E-state index contributed by atoms with van der Waals surface area (Å²) in [6, 6.07) is 6.86. The molecule has 0 saturated heterocycles. The van der Waals surface area contributed by atoms with Gasteiger partial charge in [0.2, 0.25) is 10.0 Å². The fourth-order valence-corrected chi connectivity index (χ4v) is 4.03. The number of rotatable bonds is 8. The van der Waals surface area contributed by atoms with Crippen molar-refractivity contribution < 1.29 is 13.2 Å². The molecule has 0 aliphatic rings. The lowest BCUT2D eigenvalue weighted by molar-refractivity contribution is 0.0981. The van der Waals surface area contributed by atoms with Crippen LogP contribution in [0.3, 0.4) is 0 Å². The number of ketones is 1. The summed E-state index contributed by atoms with van der Waals surface area (Å²) in [4.78, 5) is 12.3. The molecule has 0 atom stereocenters. The van der Waals surface area contributed by atoms with Gasteiger partial charge in [0.1, 0.15) is 0 Å². The number of aromatic nitrogens is 2. The SMILES string of the molecule is CCCC(=O)c1cccc(N(Cc2cn[nH]c2C(C)(C)C)S(=O)(=O)CC)c1. The molecule has 0 fully saturated rings. The van der Waals surface area contributed by atoms with Gasteiger partial charge in [0, 0.05) is 28.7 Å². The minimum Gasteiger partial charge on any atom is -0.294 e. The van der Waals surface area contributed by atoms with E-state index in [1.165, 1.54) is 4.31 Å². The highest BCUT2D eigenvalue weighted by atomic mass is 32.2. The van der Waals surface area contributed by atoms with E-state index in [9.17, 15) is 13.2 Å². The first-order valence-corrected chi connectivity index (χ1v) is 10.9. The molecule has 0 aliphatic heterocycles. The predicted molar refractivity (Wildman–Crippen MR) is 109 cm³/mol. The first kappa shape index (κ1) is 21.2. The predicted octanol–water partition coefficient (Wildman–Crippen LogP) is 4.05. The van der Waals surface area contributed by atoms with Crippen molar-refractivity contribution in [3.8, 4) is 0 Å². The summed E-state index contributed by atoms with van der Waals surface area (Å²) < 4.78 is 27.0. The average Bonchev–Trinajstić information content (AvgIpc) is 3.08. The normalized spacial score (nSPS) is 12.2. The van der Waals surface area contributed by atoms with Crippen LogP contribution in [0.1, 0.15) is 69.1 Å². The molecule has 2 aromatic rings. The number of carbonyl (C=O) groups excluding carboxylic acids is 1. The number of benzene rings is 1. The van der Waals surface area contributed by atoms with E-state index in [1.54, 1.807) is 37.4 Å². The van der Waals surface area contributed by atoms with Crippen molar-refractivity contribution >= 4 is 21.5 Å². The van der Waals surface area contributed by atoms with Gasteiger partial charge in [-0.15, -0.1) is 0 Å². The third kappa shape index (κ3) is 4.97. The molecular weight excluding hydrogens is 362 g/mol. The highest BCUT2D eigenvalue weighted by Gasteiger charge is 2.26. The van der Waals surface area contributed by atoms with Gasteiger partial charge in [-0.25, -0.2) is 8.42 Å². The van der Waals surface area contributed by atoms with Crippen LogP contribution in [0, 0.1) is 0 Å². The van der Waals surface area contributed by atoms with Gasteiger partial charge in [-0.2, -0.15) is 5.10 Å². The third-order valence-electron chi connectivity index (χ3n) is 4.42. The molecule has 1 N–H and O–H groups in total. The molecule has 7 heteroatoms. The van der Waals surface area contributed by atoms with Crippen molar-refractivity contribution in [1.82, 2.24) is 10.2 Å². The van der Waals surface area contributed by atoms with E-state index < -0.39 is 10.0 Å². The number of Topliss-reactive ketones (excluding diaryl/α,β-unsaturated/α-hetero) is 1. The fraction of sp³-hybridized carbons (Fsp3) is 0.500. The second-order valence-corrected chi connectivity index (χ2v) is 9.83. The minimum absolute atomic E-state index is 0.0203. The van der Waals surface area contributed by atoms with Crippen LogP contribution in [0.2, 0.25) is 0 Å². The summed E-state index contributed by atoms with van der Waals surface area (Å²) in [5.41, 5.74) is 2.57. The maximum absolute atomic E-state index is 12.8. The van der Waals surface area contributed by atoms with Gasteiger partial charge in [0.05, 0.1) is 24.2 Å². The van der Waals surface area contributed by atoms with Crippen LogP contribution in [0.4, 0.5) is 5.69 Å². The Bertz CT molecular complexity index is 895. The van der Waals surface area contributed by atoms with E-state index in [-0.39, 0.29) is 23.5 Å². The quantitative estimate of drug-likeness (QED) is 0.688. The number of carbonyl (C=O) groups is 1. The number of anilines is 1. The molecule has 1 heterocycles. The molecule has 0 bridgehead atoms. The van der Waals surface area contributed by atoms with Crippen LogP contribution in [0.5, 0.6) is 0 Å². The Morgan fingerprint density at radius 3 is 2.52 bits per heavy atom. The Balaban J connectivity index is 2.48. The highest BCUT2D eigenvalue weighted by Crippen LogP contribution is 2.28. The molecule has 1 aromatic heterocycles. The monoisotopic (exact) mass is 391 g/mol. The minimum atomic E-state index is -3.53. The second-order valence-electron chi connectivity index (χ2n) is 7.65. The summed E-state index contributed by atoms with van der Waals surface area (Å²) in [7, 11) is -3.53. The summed E-state index contributed by atoms with van der Waals surface area (Å²) in [6.45, 7) is 9.88. The average molecular weight is 392 g/mol. The van der Waals surface area contributed by atoms with Crippen LogP contribution >= 0.6 is 0 Å². The number of nitrogens with zero attached hydrogens (tertiary/aromatic N) is 2. The van der Waals surface area contributed by atoms with E-state index >= 15 is 0 Å². The van der Waals surface area contributed by atoms with Gasteiger partial charge in [0.25, 0.3) is 0 Å². The molecular formula is C20H29N3O3S. The number of hydrogen-bond donors (Lipinski definition) is 1. The molecule has 0 unspecified atom stereocenters. The number of hydrogen-bond acceptors (Lipinski definition) is 4. The Hall–Kier alpha value is -2.15. The van der Waals surface area contributed by atoms with Gasteiger partial charge in [-0.3, -0.25) is 14.2 Å². The standard InChI is InChI=1S/C20H29N3O3S/c1-6-9-18(24)15-10-8-11-17(12-15)23(27(25,26)7-2)14-16-13-21-22-19(16)20(3,4)5/h8,10-13H,6-7,9,14H2,1-5H3,(H,21,22). The second kappa shape index (κ2) is 8.25. The first-order chi connectivity index (χ1) is 12.6. The zero-order valence-electron chi connectivity index (χ0n) is 16.7. The van der Waals surface area contributed by atoms with Crippen molar-refractivity contribution in [3.05, 3.63) is 47.3 Å². The topological polar surface area (TPSA) is 83.1 Å². The lowest BCUT2D eigenvalue weighted by atomic mass is 9.89. The van der Waals surface area contributed by atoms with E-state index in [1.807, 2.05) is 27.7 Å². The molecule has 0 amide bonds. The van der Waals surface area contributed by atoms with Gasteiger partial charge >= 0.3 is 0 Å². The molecule has 2 rings (SSSR count). The lowest BCUT2D eigenvalue weighted by Gasteiger charge is -2.26. The number of nitrogens with one attached hydrogen (secondary N) is 1. The van der Waals surface area contributed by atoms with Crippen LogP contribution in [-0.4, -0.2) is 30.2 Å². The van der Waals surface area contributed by atoms with Gasteiger partial charge in [-0.05, 0) is 25.5 Å². The largest absolute Gasteiger partial charge is 0.294 e. The zero-order valence-corrected chi connectivity index (χ0v) is 17.6. The molecule has 27 heavy (non-hydrogen) atoms. The summed E-state index contributed by atoms with van der Waals surface area (Å²) in [5.74, 6) is -0.00470. The third-order valence-corrected chi connectivity index (χ3v) is 6.16. The van der Waals surface area contributed by atoms with Gasteiger partial charge in [0.15, 0.2) is 5.78 Å². The van der Waals surface area contributed by atoms with Crippen molar-refractivity contribution in [2.24, 2.45) is 0 Å². The van der Waals surface area contributed by atoms with Gasteiger partial charge < -0.3 is 0 Å². The summed E-state index contributed by atoms with van der Waals surface area (Å²) in [5, 5.41) is 7.11. The lowest BCUT2D eigenvalue weighted by Crippen LogP contribution is -2.32. The molecule has 0 saturated carbocycles. The number of sulfonamides is 1. The molecule has 0 radical (unpaired) electrons. The van der Waals surface area contributed by atoms with Gasteiger partial charge in [-0.1, -0.05) is 39.8 Å². The first-order valence-electron chi connectivity index (χ1n) is 9.26. The van der Waals surface area contributed by atoms with Crippen LogP contribution < -0.4 is 4.31 Å². The van der Waals surface area contributed by atoms with E-state index in [4.69, 9.17) is 0 Å². The van der Waals surface area contributed by atoms with Crippen molar-refractivity contribution in [1.29, 1.82) is 0 Å². The maximum Gasteiger partial charge on any atom is 0.235 e. The Labute approximate surface area is 162 Å². The van der Waals surface area contributed by atoms with E-state index in [2.05, 4.69) is 10.2 Å². The molecule has 6 nitrogen and oxygen atoms in total. The molecule has 1 aromatic carbocycles. The highest BCUT2D eigenvalue weighted by molar-refractivity contribution is 7.92. The summed E-state index contributed by atoms with van der Waals surface area (Å²) >= 11 is 0. The Morgan fingerprint density at radius 2 is 1.93 bits per heavy atom. The maximum atomic E-state index is 12.8. The smallest absolute Gasteiger partial charge is 0.235 e. The van der Waals surface area contributed by atoms with Crippen molar-refractivity contribution in [2.45, 2.75) is 59.4 Å². The Morgan fingerprint density at radius 1 is 1.22 bits per heavy atom. The number of aromatic amines is 1. The van der Waals surface area contributed by atoms with E-state index in [0.717, 1.165) is 17.7 Å². The Kier molecular flexibility index (Phi) is 6.46. The fourth-order valence-electron chi connectivity index (χ4n) is 2.95. The molecule has 148 valence electrons. The van der Waals surface area contributed by atoms with Crippen LogP contribution in [0.25, 0.3) is 0 Å². The van der Waals surface area contributed by atoms with Crippen LogP contribution in [0.15, 0.2) is 30.5 Å². The number of H-pyrrole nitrogens is 1. The summed E-state index contributed by atoms with van der Waals surface area (Å²) in [6.07, 6.45) is 2.87. The van der Waals surface area contributed by atoms with Crippen molar-refractivity contribution in [3.63, 3.8) is 0 Å². The van der Waals surface area contributed by atoms with Crippen molar-refractivity contribution in [2.75, 3.05) is 10.1 Å².